The van der Waals surface area contributed by atoms with Gasteiger partial charge in [-0.25, -0.2) is 0 Å². The normalized spacial score (nSPS) is 44.9. The highest BCUT2D eigenvalue weighted by Crippen LogP contribution is 2.69. The number of carbonyl (C=O) groups excluding carboxylic acids is 2. The molecule has 192 valence electrons. The number of nitrogens with two attached hydrogens (primary N) is 1. The van der Waals surface area contributed by atoms with Crippen molar-refractivity contribution in [1.29, 1.82) is 0 Å². The maximum absolute atomic E-state index is 13.5. The largest absolute Gasteiger partial charge is 0.399 e. The lowest BCUT2D eigenvalue weighted by atomic mass is 9.46. The lowest BCUT2D eigenvalue weighted by Gasteiger charge is -2.59. The maximum Gasteiger partial charge on any atom is 0.193 e. The second-order valence-electron chi connectivity index (χ2n) is 11.9. The predicted octanol–water partition coefficient (Wildman–Crippen LogP) is 2.74. The lowest BCUT2D eigenvalue weighted by molar-refractivity contribution is -0.199. The van der Waals surface area contributed by atoms with Gasteiger partial charge in [-0.3, -0.25) is 9.59 Å². The topological polar surface area (TPSA) is 119 Å². The molecule has 0 bridgehead atoms. The number of aliphatic hydroxyl groups excluding tert-OH is 2. The van der Waals surface area contributed by atoms with Crippen molar-refractivity contribution in [2.75, 3.05) is 12.3 Å². The third-order valence-electron chi connectivity index (χ3n) is 10.2. The summed E-state index contributed by atoms with van der Waals surface area (Å²) < 4.78 is 13.0. The van der Waals surface area contributed by atoms with Crippen LogP contribution in [0.3, 0.4) is 0 Å². The minimum absolute atomic E-state index is 0.00732. The van der Waals surface area contributed by atoms with Crippen LogP contribution >= 0.6 is 0 Å². The van der Waals surface area contributed by atoms with E-state index in [-0.39, 0.29) is 34.7 Å². The first-order valence-electron chi connectivity index (χ1n) is 13.1. The number of ketones is 2. The van der Waals surface area contributed by atoms with E-state index in [4.69, 9.17) is 15.2 Å². The number of fused-ring (bicyclic) bond motifs is 7. The SMILES string of the molecule is C[C@]12C=CC(=O)C=C1CC[C@@H]1[C@@H]2[C@@H](O)C[C@@]2(C)[C@H]1C[C@H]1OC(Cc3ccc(N)cc3)O[C@]12C(=O)CO. The highest BCUT2D eigenvalue weighted by Gasteiger charge is 2.75. The van der Waals surface area contributed by atoms with Crippen molar-refractivity contribution in [3.05, 3.63) is 53.6 Å². The monoisotopic (exact) mass is 493 g/mol. The van der Waals surface area contributed by atoms with E-state index in [2.05, 4.69) is 6.92 Å². The summed E-state index contributed by atoms with van der Waals surface area (Å²) in [5.74, 6) is -0.170. The number of nitrogen functional groups attached to an aromatic ring is 1. The molecule has 4 N–H and O–H groups in total. The summed E-state index contributed by atoms with van der Waals surface area (Å²) in [7, 11) is 0. The molecule has 7 heteroatoms. The lowest BCUT2D eigenvalue weighted by Crippen LogP contribution is -2.63. The Labute approximate surface area is 211 Å². The summed E-state index contributed by atoms with van der Waals surface area (Å²) in [5.41, 5.74) is 6.21. The minimum atomic E-state index is -1.30. The van der Waals surface area contributed by atoms with Crippen molar-refractivity contribution in [2.24, 2.45) is 28.6 Å². The Bertz CT molecular complexity index is 1160. The molecule has 7 nitrogen and oxygen atoms in total. The number of ether oxygens (including phenoxy) is 2. The molecule has 1 unspecified atom stereocenters. The number of hydrogen-bond donors (Lipinski definition) is 3. The Morgan fingerprint density at radius 1 is 1.22 bits per heavy atom. The van der Waals surface area contributed by atoms with E-state index < -0.39 is 36.1 Å². The highest BCUT2D eigenvalue weighted by atomic mass is 16.7. The Morgan fingerprint density at radius 2 is 1.97 bits per heavy atom. The van der Waals surface area contributed by atoms with Crippen LogP contribution in [0, 0.1) is 28.6 Å². The van der Waals surface area contributed by atoms with Crippen molar-refractivity contribution in [3.8, 4) is 0 Å². The Hall–Kier alpha value is -2.32. The first kappa shape index (κ1) is 24.0. The van der Waals surface area contributed by atoms with Gasteiger partial charge in [-0.2, -0.15) is 0 Å². The molecule has 0 aromatic heterocycles. The van der Waals surface area contributed by atoms with Crippen LogP contribution in [0.5, 0.6) is 0 Å². The number of anilines is 1. The fourth-order valence-electron chi connectivity index (χ4n) is 8.70. The molecule has 1 heterocycles. The average molecular weight is 494 g/mol. The Kier molecular flexibility index (Phi) is 5.40. The van der Waals surface area contributed by atoms with Gasteiger partial charge in [0.1, 0.15) is 6.61 Å². The van der Waals surface area contributed by atoms with Crippen molar-refractivity contribution < 1.29 is 29.3 Å². The molecule has 0 amide bonds. The van der Waals surface area contributed by atoms with Gasteiger partial charge in [0.15, 0.2) is 23.5 Å². The Balaban J connectivity index is 1.34. The number of benzene rings is 1. The van der Waals surface area contributed by atoms with Crippen LogP contribution in [0.15, 0.2) is 48.1 Å². The van der Waals surface area contributed by atoms with Crippen LogP contribution in [0.2, 0.25) is 0 Å². The molecule has 0 spiro atoms. The van der Waals surface area contributed by atoms with E-state index in [9.17, 15) is 19.8 Å². The van der Waals surface area contributed by atoms with Gasteiger partial charge in [-0.05, 0) is 67.4 Å². The van der Waals surface area contributed by atoms with Gasteiger partial charge in [0.25, 0.3) is 0 Å². The zero-order valence-electron chi connectivity index (χ0n) is 20.9. The van der Waals surface area contributed by atoms with E-state index in [0.717, 1.165) is 24.0 Å². The van der Waals surface area contributed by atoms with E-state index in [1.807, 2.05) is 37.3 Å². The van der Waals surface area contributed by atoms with Crippen LogP contribution < -0.4 is 5.73 Å². The molecule has 1 aliphatic heterocycles. The second kappa shape index (κ2) is 8.09. The van der Waals surface area contributed by atoms with E-state index in [1.165, 1.54) is 0 Å². The molecule has 1 aromatic carbocycles. The molecule has 9 atom stereocenters. The first-order chi connectivity index (χ1) is 17.1. The first-order valence-corrected chi connectivity index (χ1v) is 13.1. The van der Waals surface area contributed by atoms with Crippen LogP contribution in [0.1, 0.15) is 45.1 Å². The fourth-order valence-corrected chi connectivity index (χ4v) is 8.70. The summed E-state index contributed by atoms with van der Waals surface area (Å²) in [6.45, 7) is 3.55. The van der Waals surface area contributed by atoms with Gasteiger partial charge in [0, 0.05) is 28.9 Å². The molecular formula is C29H35NO6. The Morgan fingerprint density at radius 3 is 2.69 bits per heavy atom. The summed E-state index contributed by atoms with van der Waals surface area (Å²) in [6, 6.07) is 7.50. The summed E-state index contributed by atoms with van der Waals surface area (Å²) in [4.78, 5) is 25.6. The third kappa shape index (κ3) is 3.13. The third-order valence-corrected chi connectivity index (χ3v) is 10.2. The van der Waals surface area contributed by atoms with Crippen LogP contribution in [-0.4, -0.2) is 52.5 Å². The molecule has 36 heavy (non-hydrogen) atoms. The van der Waals surface area contributed by atoms with Gasteiger partial charge in [0.2, 0.25) is 0 Å². The van der Waals surface area contributed by atoms with Crippen molar-refractivity contribution in [2.45, 2.75) is 70.1 Å². The van der Waals surface area contributed by atoms with E-state index in [0.29, 0.717) is 24.9 Å². The fraction of sp³-hybridized carbons (Fsp3) is 0.586. The van der Waals surface area contributed by atoms with Gasteiger partial charge in [-0.15, -0.1) is 0 Å². The van der Waals surface area contributed by atoms with Gasteiger partial charge < -0.3 is 25.4 Å². The van der Waals surface area contributed by atoms with E-state index >= 15 is 0 Å². The number of Topliss-reactive ketones (excluding diaryl/α,β-unsaturated/α-hetero) is 1. The van der Waals surface area contributed by atoms with Crippen LogP contribution in [-0.2, 0) is 25.5 Å². The average Bonchev–Trinajstić information content (AvgIpc) is 3.32. The zero-order valence-corrected chi connectivity index (χ0v) is 20.9. The molecule has 4 fully saturated rings. The standard InChI is InChI=1S/C29H35NO6/c1-27-10-9-19(32)12-17(27)5-8-20-21-13-24-29(23(34)15-31,28(21,2)14-22(33)26(20)27)36-25(35-24)11-16-3-6-18(30)7-4-16/h3-4,6-7,9-10,12,20-22,24-26,31,33H,5,8,11,13-15,30H2,1-2H3/t20-,21-,22-,24+,25?,26+,27-,28-,29+/m0/s1. The number of carbonyl (C=O) groups is 2. The van der Waals surface area contributed by atoms with Crippen LogP contribution in [0.4, 0.5) is 5.69 Å². The zero-order chi connectivity index (χ0) is 25.5. The van der Waals surface area contributed by atoms with E-state index in [1.54, 1.807) is 12.2 Å². The maximum atomic E-state index is 13.5. The molecule has 5 aliphatic rings. The van der Waals surface area contributed by atoms with Crippen molar-refractivity contribution >= 4 is 17.3 Å². The number of hydrogen-bond acceptors (Lipinski definition) is 7. The molecular weight excluding hydrogens is 458 g/mol. The molecule has 0 radical (unpaired) electrons. The molecule has 1 aromatic rings. The quantitative estimate of drug-likeness (QED) is 0.552. The minimum Gasteiger partial charge on any atom is -0.399 e. The molecule has 4 aliphatic carbocycles. The number of rotatable bonds is 4. The van der Waals surface area contributed by atoms with Gasteiger partial charge in [0.05, 0.1) is 12.2 Å². The summed E-state index contributed by atoms with van der Waals surface area (Å²) >= 11 is 0. The molecule has 3 saturated carbocycles. The van der Waals surface area contributed by atoms with Gasteiger partial charge >= 0.3 is 0 Å². The predicted molar refractivity (Wildman–Crippen MR) is 133 cm³/mol. The second-order valence-corrected chi connectivity index (χ2v) is 11.9. The smallest absolute Gasteiger partial charge is 0.193 e. The summed E-state index contributed by atoms with van der Waals surface area (Å²) in [6.07, 6.45) is 6.70. The molecule has 6 rings (SSSR count). The summed E-state index contributed by atoms with van der Waals surface area (Å²) in [5, 5.41) is 21.7. The highest BCUT2D eigenvalue weighted by molar-refractivity contribution is 6.01. The van der Waals surface area contributed by atoms with Gasteiger partial charge in [-0.1, -0.05) is 37.6 Å². The van der Waals surface area contributed by atoms with Crippen molar-refractivity contribution in [3.63, 3.8) is 0 Å². The number of allylic oxidation sites excluding steroid dienone is 4. The molecule has 1 saturated heterocycles. The number of aliphatic hydroxyl groups is 2. The van der Waals surface area contributed by atoms with Crippen molar-refractivity contribution in [1.82, 2.24) is 0 Å². The van der Waals surface area contributed by atoms with Crippen LogP contribution in [0.25, 0.3) is 0 Å².